The molecule has 0 fully saturated rings. The normalized spacial score (nSPS) is 13.7. The Morgan fingerprint density at radius 1 is 0.600 bits per heavy atom. The summed E-state index contributed by atoms with van der Waals surface area (Å²) in [5, 5.41) is 9.03. The molecule has 176 valence electrons. The third-order valence-electron chi connectivity index (χ3n) is 5.97. The third-order valence-corrected chi connectivity index (χ3v) is 7.26. The van der Waals surface area contributed by atoms with Gasteiger partial charge in [0.25, 0.3) is 0 Å². The van der Waals surface area contributed by atoms with Crippen molar-refractivity contribution >= 4 is 10.1 Å². The summed E-state index contributed by atoms with van der Waals surface area (Å²) in [6.45, 7) is 4.29. The van der Waals surface area contributed by atoms with Crippen LogP contribution < -0.4 is 29.6 Å². The molecule has 0 aromatic rings. The van der Waals surface area contributed by atoms with E-state index in [1.54, 1.807) is 0 Å². The Kier molecular flexibility index (Phi) is 25.4. The van der Waals surface area contributed by atoms with E-state index < -0.39 is 15.4 Å². The van der Waals surface area contributed by atoms with Crippen molar-refractivity contribution < 1.29 is 47.6 Å². The largest absolute Gasteiger partial charge is 1.00 e. The molecule has 0 aliphatic heterocycles. The quantitative estimate of drug-likeness (QED) is 0.151. The fourth-order valence-corrected chi connectivity index (χ4v) is 4.96. The molecule has 0 spiro atoms. The van der Waals surface area contributed by atoms with Gasteiger partial charge in [-0.25, -0.2) is 8.42 Å². The predicted molar refractivity (Wildman–Crippen MR) is 123 cm³/mol. The van der Waals surface area contributed by atoms with Crippen LogP contribution in [0, 0.1) is 0 Å². The molecule has 6 heteroatoms. The minimum absolute atomic E-state index is 0. The van der Waals surface area contributed by atoms with E-state index in [9.17, 15) is 18.1 Å². The summed E-state index contributed by atoms with van der Waals surface area (Å²) in [5.74, 6) is 0. The number of rotatable bonds is 22. The number of aliphatic hydroxyl groups excluding tert-OH is 1. The van der Waals surface area contributed by atoms with Crippen LogP contribution in [0.3, 0.4) is 0 Å². The summed E-state index contributed by atoms with van der Waals surface area (Å²) < 4.78 is 34.5. The molecule has 0 saturated heterocycles. The first kappa shape index (κ1) is 33.0. The molecular formula is C24H49NaO4S. The third kappa shape index (κ3) is 22.1. The molecule has 0 aliphatic carbocycles. The van der Waals surface area contributed by atoms with Crippen LogP contribution in [0.25, 0.3) is 0 Å². The van der Waals surface area contributed by atoms with Gasteiger partial charge < -0.3 is 9.66 Å². The zero-order valence-corrected chi connectivity index (χ0v) is 23.2. The van der Waals surface area contributed by atoms with Crippen LogP contribution in [0.2, 0.25) is 0 Å². The van der Waals surface area contributed by atoms with Crippen LogP contribution in [0.15, 0.2) is 0 Å². The predicted octanol–water partition coefficient (Wildman–Crippen LogP) is 4.11. The van der Waals surface area contributed by atoms with Crippen LogP contribution in [0.5, 0.6) is 0 Å². The smallest absolute Gasteiger partial charge is 0.748 e. The minimum atomic E-state index is -4.15. The van der Waals surface area contributed by atoms with Crippen LogP contribution >= 0.6 is 0 Å². The molecule has 30 heavy (non-hydrogen) atoms. The first-order valence-electron chi connectivity index (χ1n) is 12.5. The van der Waals surface area contributed by atoms with E-state index >= 15 is 0 Å². The molecule has 0 aliphatic rings. The maximum absolute atomic E-state index is 11.5. The standard InChI is InChI=1S/C24H50O4S.Na/c1-3-5-6-7-14-17-21-24(29(26,27)28)22-18-15-12-10-8-9-11-13-16-20-23(25)19-4-2;/h23-25H,3-22H2,1-2H3,(H,26,27,28);/q;+1/p-1. The minimum Gasteiger partial charge on any atom is -0.748 e. The van der Waals surface area contributed by atoms with Crippen molar-refractivity contribution in [2.45, 2.75) is 154 Å². The van der Waals surface area contributed by atoms with Crippen molar-refractivity contribution in [3.05, 3.63) is 0 Å². The summed E-state index contributed by atoms with van der Waals surface area (Å²) in [4.78, 5) is 0. The van der Waals surface area contributed by atoms with Crippen molar-refractivity contribution in [3.8, 4) is 0 Å². The van der Waals surface area contributed by atoms with Gasteiger partial charge in [-0.05, 0) is 25.7 Å². The summed E-state index contributed by atoms with van der Waals surface area (Å²) >= 11 is 0. The molecule has 0 amide bonds. The maximum atomic E-state index is 11.5. The van der Waals surface area contributed by atoms with E-state index in [1.165, 1.54) is 51.4 Å². The summed E-state index contributed by atoms with van der Waals surface area (Å²) in [5.41, 5.74) is 0. The van der Waals surface area contributed by atoms with E-state index in [1.807, 2.05) is 0 Å². The van der Waals surface area contributed by atoms with E-state index in [4.69, 9.17) is 0 Å². The first-order chi connectivity index (χ1) is 13.9. The molecule has 0 saturated carbocycles. The zero-order chi connectivity index (χ0) is 21.8. The second-order valence-electron chi connectivity index (χ2n) is 8.87. The molecule has 0 heterocycles. The van der Waals surface area contributed by atoms with Crippen LogP contribution in [0.1, 0.15) is 142 Å². The molecule has 2 unspecified atom stereocenters. The van der Waals surface area contributed by atoms with E-state index in [-0.39, 0.29) is 35.7 Å². The van der Waals surface area contributed by atoms with Crippen LogP contribution in [-0.4, -0.2) is 29.4 Å². The van der Waals surface area contributed by atoms with Gasteiger partial charge in [-0.2, -0.15) is 0 Å². The number of hydrogen-bond donors (Lipinski definition) is 1. The Balaban J connectivity index is 0. The SMILES string of the molecule is CCCCCCCCC(CCCCCCCCCCCC(O)CCC)S(=O)(=O)[O-].[Na+]. The molecule has 1 N–H and O–H groups in total. The van der Waals surface area contributed by atoms with Crippen molar-refractivity contribution in [1.82, 2.24) is 0 Å². The van der Waals surface area contributed by atoms with Crippen molar-refractivity contribution in [2.75, 3.05) is 0 Å². The van der Waals surface area contributed by atoms with E-state index in [0.29, 0.717) is 12.8 Å². The van der Waals surface area contributed by atoms with Crippen molar-refractivity contribution in [2.24, 2.45) is 0 Å². The van der Waals surface area contributed by atoms with Crippen molar-refractivity contribution in [3.63, 3.8) is 0 Å². The molecule has 0 rings (SSSR count). The monoisotopic (exact) mass is 456 g/mol. The average molecular weight is 457 g/mol. The zero-order valence-electron chi connectivity index (χ0n) is 20.4. The molecule has 0 aromatic carbocycles. The molecular weight excluding hydrogens is 407 g/mol. The number of hydrogen-bond acceptors (Lipinski definition) is 4. The Morgan fingerprint density at radius 3 is 1.33 bits per heavy atom. The van der Waals surface area contributed by atoms with Gasteiger partial charge in [0.05, 0.1) is 16.2 Å². The molecule has 0 bridgehead atoms. The van der Waals surface area contributed by atoms with Crippen LogP contribution in [-0.2, 0) is 10.1 Å². The fraction of sp³-hybridized carbons (Fsp3) is 1.00. The Hall–Kier alpha value is 0.870. The Labute approximate surface area is 210 Å². The fourth-order valence-electron chi connectivity index (χ4n) is 4.05. The number of aliphatic hydroxyl groups is 1. The van der Waals surface area contributed by atoms with Gasteiger partial charge in [-0.15, -0.1) is 0 Å². The van der Waals surface area contributed by atoms with Gasteiger partial charge in [-0.1, -0.05) is 117 Å². The second kappa shape index (κ2) is 23.0. The molecule has 0 radical (unpaired) electrons. The van der Waals surface area contributed by atoms with Crippen molar-refractivity contribution in [1.29, 1.82) is 0 Å². The van der Waals surface area contributed by atoms with Gasteiger partial charge in [0.15, 0.2) is 0 Å². The Bertz CT molecular complexity index is 442. The summed E-state index contributed by atoms with van der Waals surface area (Å²) in [6, 6.07) is 0. The van der Waals surface area contributed by atoms with Gasteiger partial charge in [0, 0.05) is 5.25 Å². The van der Waals surface area contributed by atoms with E-state index in [2.05, 4.69) is 13.8 Å². The van der Waals surface area contributed by atoms with Gasteiger partial charge in [0.2, 0.25) is 0 Å². The maximum Gasteiger partial charge on any atom is 1.00 e. The molecule has 0 aromatic heterocycles. The molecule has 2 atom stereocenters. The van der Waals surface area contributed by atoms with Gasteiger partial charge in [-0.3, -0.25) is 0 Å². The average Bonchev–Trinajstić information content (AvgIpc) is 2.66. The summed E-state index contributed by atoms with van der Waals surface area (Å²) in [7, 11) is -4.15. The number of unbranched alkanes of at least 4 members (excludes halogenated alkanes) is 13. The molecule has 4 nitrogen and oxygen atoms in total. The van der Waals surface area contributed by atoms with Gasteiger partial charge >= 0.3 is 29.6 Å². The van der Waals surface area contributed by atoms with Crippen LogP contribution in [0.4, 0.5) is 0 Å². The second-order valence-corrected chi connectivity index (χ2v) is 10.5. The Morgan fingerprint density at radius 2 is 0.967 bits per heavy atom. The van der Waals surface area contributed by atoms with E-state index in [0.717, 1.165) is 64.2 Å². The topological polar surface area (TPSA) is 77.4 Å². The summed E-state index contributed by atoms with van der Waals surface area (Å²) in [6.07, 6.45) is 20.9. The first-order valence-corrected chi connectivity index (χ1v) is 14.0. The van der Waals surface area contributed by atoms with Gasteiger partial charge in [0.1, 0.15) is 0 Å².